The molecule has 1 aliphatic rings. The Bertz CT molecular complexity index is 378. The second kappa shape index (κ2) is 6.86. The molecule has 0 aliphatic carbocycles. The molecule has 106 valence electrons. The largest absolute Gasteiger partial charge is 0.464 e. The number of nitrogens with one attached hydrogen (secondary N) is 1. The highest BCUT2D eigenvalue weighted by Crippen LogP contribution is 2.11. The molecule has 1 saturated heterocycles. The maximum absolute atomic E-state index is 11.6. The Balaban J connectivity index is 2.33. The molecule has 7 nitrogen and oxygen atoms in total. The Kier molecular flexibility index (Phi) is 5.47. The first-order valence-electron chi connectivity index (χ1n) is 6.25. The highest BCUT2D eigenvalue weighted by Gasteiger charge is 2.29. The van der Waals surface area contributed by atoms with Gasteiger partial charge in [-0.3, -0.25) is 19.3 Å². The van der Waals surface area contributed by atoms with E-state index in [4.69, 9.17) is 4.74 Å². The maximum Gasteiger partial charge on any atom is 0.328 e. The van der Waals surface area contributed by atoms with Gasteiger partial charge in [0, 0.05) is 25.8 Å². The van der Waals surface area contributed by atoms with E-state index in [1.165, 1.54) is 6.92 Å². The Hall–Kier alpha value is -1.92. The molecule has 0 aromatic carbocycles. The van der Waals surface area contributed by atoms with E-state index in [0.29, 0.717) is 0 Å². The van der Waals surface area contributed by atoms with Crippen LogP contribution in [0, 0.1) is 0 Å². The first-order chi connectivity index (χ1) is 8.95. The smallest absolute Gasteiger partial charge is 0.328 e. The average molecular weight is 270 g/mol. The van der Waals surface area contributed by atoms with E-state index < -0.39 is 17.9 Å². The van der Waals surface area contributed by atoms with E-state index in [0.717, 1.165) is 4.90 Å². The summed E-state index contributed by atoms with van der Waals surface area (Å²) in [7, 11) is 0. The van der Waals surface area contributed by atoms with E-state index >= 15 is 0 Å². The minimum Gasteiger partial charge on any atom is -0.464 e. The van der Waals surface area contributed by atoms with Crippen LogP contribution in [0.1, 0.15) is 33.1 Å². The lowest BCUT2D eigenvalue weighted by Gasteiger charge is -2.15. The normalized spacial score (nSPS) is 16.4. The van der Waals surface area contributed by atoms with E-state index in [1.54, 1.807) is 6.92 Å². The lowest BCUT2D eigenvalue weighted by Crippen LogP contribution is -2.41. The number of amides is 3. The zero-order valence-corrected chi connectivity index (χ0v) is 11.1. The zero-order chi connectivity index (χ0) is 14.4. The number of ether oxygens (including phenoxy) is 1. The average Bonchev–Trinajstić information content (AvgIpc) is 2.67. The third kappa shape index (κ3) is 4.35. The number of hydrogen-bond donors (Lipinski definition) is 1. The van der Waals surface area contributed by atoms with E-state index in [-0.39, 0.29) is 44.2 Å². The van der Waals surface area contributed by atoms with Crippen LogP contribution in [-0.4, -0.2) is 47.8 Å². The molecule has 1 aliphatic heterocycles. The maximum atomic E-state index is 11.6. The van der Waals surface area contributed by atoms with Crippen LogP contribution in [0.3, 0.4) is 0 Å². The van der Waals surface area contributed by atoms with Crippen LogP contribution in [0.25, 0.3) is 0 Å². The lowest BCUT2D eigenvalue weighted by atomic mass is 10.3. The van der Waals surface area contributed by atoms with E-state index in [2.05, 4.69) is 5.32 Å². The van der Waals surface area contributed by atoms with Crippen LogP contribution in [-0.2, 0) is 23.9 Å². The third-order valence-corrected chi connectivity index (χ3v) is 2.73. The van der Waals surface area contributed by atoms with Gasteiger partial charge in [-0.1, -0.05) is 0 Å². The van der Waals surface area contributed by atoms with Gasteiger partial charge >= 0.3 is 5.97 Å². The van der Waals surface area contributed by atoms with Crippen molar-refractivity contribution in [1.29, 1.82) is 0 Å². The van der Waals surface area contributed by atoms with Gasteiger partial charge < -0.3 is 10.1 Å². The van der Waals surface area contributed by atoms with Gasteiger partial charge in [0.05, 0.1) is 6.61 Å². The van der Waals surface area contributed by atoms with Crippen molar-refractivity contribution in [3.8, 4) is 0 Å². The molecule has 0 bridgehead atoms. The number of imide groups is 1. The Morgan fingerprint density at radius 1 is 1.32 bits per heavy atom. The van der Waals surface area contributed by atoms with Crippen LogP contribution >= 0.6 is 0 Å². The highest BCUT2D eigenvalue weighted by molar-refractivity contribution is 6.02. The number of rotatable bonds is 6. The van der Waals surface area contributed by atoms with Crippen molar-refractivity contribution in [2.75, 3.05) is 13.2 Å². The predicted molar refractivity (Wildman–Crippen MR) is 64.8 cm³/mol. The van der Waals surface area contributed by atoms with Gasteiger partial charge in [-0.15, -0.1) is 0 Å². The van der Waals surface area contributed by atoms with Gasteiger partial charge in [0.15, 0.2) is 0 Å². The molecule has 0 saturated carbocycles. The highest BCUT2D eigenvalue weighted by atomic mass is 16.5. The number of esters is 1. The Morgan fingerprint density at radius 3 is 2.42 bits per heavy atom. The molecular formula is C12H18N2O5. The van der Waals surface area contributed by atoms with Crippen molar-refractivity contribution >= 4 is 23.7 Å². The van der Waals surface area contributed by atoms with Crippen LogP contribution < -0.4 is 5.32 Å². The SMILES string of the molecule is CCOC(=O)C(C)NC(=O)CCN1C(=O)CCC1=O. The third-order valence-electron chi connectivity index (χ3n) is 2.73. The predicted octanol–water partition coefficient (Wildman–Crippen LogP) is -0.407. The summed E-state index contributed by atoms with van der Waals surface area (Å²) in [5.41, 5.74) is 0. The van der Waals surface area contributed by atoms with Crippen molar-refractivity contribution in [3.63, 3.8) is 0 Å². The molecule has 1 rings (SSSR count). The van der Waals surface area contributed by atoms with E-state index in [1.807, 2.05) is 0 Å². The molecule has 7 heteroatoms. The van der Waals surface area contributed by atoms with Crippen LogP contribution in [0.5, 0.6) is 0 Å². The van der Waals surface area contributed by atoms with Gasteiger partial charge in [-0.2, -0.15) is 0 Å². The minimum atomic E-state index is -0.738. The molecule has 0 spiro atoms. The van der Waals surface area contributed by atoms with Crippen molar-refractivity contribution in [1.82, 2.24) is 10.2 Å². The quantitative estimate of drug-likeness (QED) is 0.523. The standard InChI is InChI=1S/C12H18N2O5/c1-3-19-12(18)8(2)13-9(15)6-7-14-10(16)4-5-11(14)17/h8H,3-7H2,1-2H3,(H,13,15). The summed E-state index contributed by atoms with van der Waals surface area (Å²) in [5, 5.41) is 2.46. The van der Waals surface area contributed by atoms with Crippen molar-refractivity contribution < 1.29 is 23.9 Å². The number of carbonyl (C=O) groups is 4. The minimum absolute atomic E-state index is 0.0127. The van der Waals surface area contributed by atoms with Crippen molar-refractivity contribution in [2.24, 2.45) is 0 Å². The van der Waals surface area contributed by atoms with Crippen molar-refractivity contribution in [3.05, 3.63) is 0 Å². The lowest BCUT2D eigenvalue weighted by molar-refractivity contribution is -0.147. The van der Waals surface area contributed by atoms with Gasteiger partial charge in [-0.05, 0) is 13.8 Å². The van der Waals surface area contributed by atoms with Gasteiger partial charge in [-0.25, -0.2) is 4.79 Å². The summed E-state index contributed by atoms with van der Waals surface area (Å²) in [5.74, 6) is -1.41. The molecule has 1 N–H and O–H groups in total. The number of likely N-dealkylation sites (tertiary alicyclic amines) is 1. The molecule has 3 amide bonds. The second-order valence-electron chi connectivity index (χ2n) is 4.23. The Morgan fingerprint density at radius 2 is 1.89 bits per heavy atom. The van der Waals surface area contributed by atoms with E-state index in [9.17, 15) is 19.2 Å². The summed E-state index contributed by atoms with van der Waals surface area (Å²) in [6, 6.07) is -0.738. The first-order valence-corrected chi connectivity index (χ1v) is 6.25. The van der Waals surface area contributed by atoms with Crippen LogP contribution in [0.15, 0.2) is 0 Å². The van der Waals surface area contributed by atoms with Crippen LogP contribution in [0.2, 0.25) is 0 Å². The van der Waals surface area contributed by atoms with Gasteiger partial charge in [0.25, 0.3) is 0 Å². The zero-order valence-electron chi connectivity index (χ0n) is 11.1. The molecule has 19 heavy (non-hydrogen) atoms. The molecule has 1 heterocycles. The number of nitrogens with zero attached hydrogens (tertiary/aromatic N) is 1. The molecular weight excluding hydrogens is 252 g/mol. The molecule has 0 aromatic heterocycles. The second-order valence-corrected chi connectivity index (χ2v) is 4.23. The van der Waals surface area contributed by atoms with Gasteiger partial charge in [0.1, 0.15) is 6.04 Å². The monoisotopic (exact) mass is 270 g/mol. The first kappa shape index (κ1) is 15.1. The van der Waals surface area contributed by atoms with Crippen molar-refractivity contribution in [2.45, 2.75) is 39.2 Å². The number of carbonyl (C=O) groups excluding carboxylic acids is 4. The molecule has 0 aromatic rings. The molecule has 1 atom stereocenters. The Labute approximate surface area is 111 Å². The van der Waals surface area contributed by atoms with Crippen LogP contribution in [0.4, 0.5) is 0 Å². The fourth-order valence-corrected chi connectivity index (χ4v) is 1.73. The fourth-order valence-electron chi connectivity index (χ4n) is 1.73. The molecule has 0 radical (unpaired) electrons. The number of hydrogen-bond acceptors (Lipinski definition) is 5. The summed E-state index contributed by atoms with van der Waals surface area (Å²) in [6.45, 7) is 3.49. The topological polar surface area (TPSA) is 92.8 Å². The summed E-state index contributed by atoms with van der Waals surface area (Å²) < 4.78 is 4.74. The molecule has 1 unspecified atom stereocenters. The van der Waals surface area contributed by atoms with Gasteiger partial charge in [0.2, 0.25) is 17.7 Å². The summed E-state index contributed by atoms with van der Waals surface area (Å²) >= 11 is 0. The fraction of sp³-hybridized carbons (Fsp3) is 0.667. The molecule has 1 fully saturated rings. The summed E-state index contributed by atoms with van der Waals surface area (Å²) in [6.07, 6.45) is 0.403. The summed E-state index contributed by atoms with van der Waals surface area (Å²) in [4.78, 5) is 46.6.